The molecular weight excluding hydrogens is 462 g/mol. The average Bonchev–Trinajstić information content (AvgIpc) is 3.10. The lowest BCUT2D eigenvalue weighted by Gasteiger charge is -2.54. The summed E-state index contributed by atoms with van der Waals surface area (Å²) in [7, 11) is 0. The molecule has 2 aliphatic carbocycles. The largest absolute Gasteiger partial charge is 0.507 e. The number of aromatic nitrogens is 2. The molecule has 4 aliphatic rings. The van der Waals surface area contributed by atoms with Gasteiger partial charge in [-0.3, -0.25) is 0 Å². The van der Waals surface area contributed by atoms with Gasteiger partial charge < -0.3 is 25.8 Å². The highest BCUT2D eigenvalue weighted by molar-refractivity contribution is 5.74. The summed E-state index contributed by atoms with van der Waals surface area (Å²) in [5.74, 6) is 3.67. The Morgan fingerprint density at radius 3 is 2.73 bits per heavy atom. The molecule has 0 spiro atoms. The summed E-state index contributed by atoms with van der Waals surface area (Å²) in [6, 6.07) is 18.3. The molecule has 0 amide bonds. The van der Waals surface area contributed by atoms with Gasteiger partial charge in [0.2, 0.25) is 0 Å². The van der Waals surface area contributed by atoms with Crippen molar-refractivity contribution in [1.82, 2.24) is 15.5 Å². The first-order valence-corrected chi connectivity index (χ1v) is 13.7. The Bertz CT molecular complexity index is 1300. The predicted octanol–water partition coefficient (Wildman–Crippen LogP) is 4.37. The number of hydrogen-bond donors (Lipinski definition) is 3. The Kier molecular flexibility index (Phi) is 5.50. The summed E-state index contributed by atoms with van der Waals surface area (Å²) in [5.41, 5.74) is 10.4. The third-order valence-corrected chi connectivity index (χ3v) is 9.40. The van der Waals surface area contributed by atoms with Crippen molar-refractivity contribution >= 4 is 11.5 Å². The van der Waals surface area contributed by atoms with E-state index < -0.39 is 0 Å². The second-order valence-corrected chi connectivity index (χ2v) is 11.5. The van der Waals surface area contributed by atoms with Crippen molar-refractivity contribution in [2.45, 2.75) is 43.6 Å². The maximum atomic E-state index is 10.3. The first-order chi connectivity index (χ1) is 18.1. The highest BCUT2D eigenvalue weighted by Crippen LogP contribution is 2.65. The van der Waals surface area contributed by atoms with Gasteiger partial charge in [0.1, 0.15) is 17.6 Å². The van der Waals surface area contributed by atoms with E-state index in [4.69, 9.17) is 10.5 Å². The number of nitrogens with one attached hydrogen (secondary N) is 1. The van der Waals surface area contributed by atoms with Crippen LogP contribution < -0.4 is 20.7 Å². The summed E-state index contributed by atoms with van der Waals surface area (Å²) in [5, 5.41) is 22.3. The number of piperidine rings is 1. The van der Waals surface area contributed by atoms with E-state index in [1.54, 1.807) is 6.07 Å². The summed E-state index contributed by atoms with van der Waals surface area (Å²) in [6.07, 6.45) is 6.18. The molecule has 7 heteroatoms. The number of aromatic hydroxyl groups is 1. The molecule has 0 radical (unpaired) electrons. The van der Waals surface area contributed by atoms with Gasteiger partial charge in [-0.25, -0.2) is 0 Å². The normalized spacial score (nSPS) is 29.0. The third-order valence-electron chi connectivity index (χ3n) is 9.40. The van der Waals surface area contributed by atoms with E-state index >= 15 is 0 Å². The number of nitrogens with zero attached hydrogens (tertiary/aromatic N) is 3. The zero-order valence-electron chi connectivity index (χ0n) is 21.1. The highest BCUT2D eigenvalue weighted by atomic mass is 16.5. The van der Waals surface area contributed by atoms with E-state index in [1.807, 2.05) is 24.3 Å². The first kappa shape index (κ1) is 22.8. The second-order valence-electron chi connectivity index (χ2n) is 11.5. The third kappa shape index (κ3) is 3.91. The van der Waals surface area contributed by atoms with Crippen LogP contribution in [0.3, 0.4) is 0 Å². The number of fused-ring (bicyclic) bond motifs is 1. The van der Waals surface area contributed by atoms with Crippen LogP contribution >= 0.6 is 0 Å². The average molecular weight is 498 g/mol. The molecule has 4 N–H and O–H groups in total. The predicted molar refractivity (Wildman–Crippen MR) is 145 cm³/mol. The quantitative estimate of drug-likeness (QED) is 0.482. The van der Waals surface area contributed by atoms with Gasteiger partial charge in [0.15, 0.2) is 5.82 Å². The van der Waals surface area contributed by atoms with Crippen molar-refractivity contribution in [1.29, 1.82) is 0 Å². The molecule has 7 nitrogen and oxygen atoms in total. The fourth-order valence-electron chi connectivity index (χ4n) is 7.76. The molecule has 2 bridgehead atoms. The van der Waals surface area contributed by atoms with Crippen LogP contribution in [0.2, 0.25) is 0 Å². The lowest BCUT2D eigenvalue weighted by atomic mass is 9.52. The number of nitrogen functional groups attached to an aromatic ring is 1. The summed E-state index contributed by atoms with van der Waals surface area (Å²) in [6.45, 7) is 4.06. The fourth-order valence-corrected chi connectivity index (χ4v) is 7.76. The Morgan fingerprint density at radius 1 is 1.00 bits per heavy atom. The summed E-state index contributed by atoms with van der Waals surface area (Å²) >= 11 is 0. The van der Waals surface area contributed by atoms with Gasteiger partial charge in [0, 0.05) is 18.7 Å². The Morgan fingerprint density at radius 2 is 1.86 bits per heavy atom. The number of anilines is 2. The monoisotopic (exact) mass is 497 g/mol. The molecule has 4 atom stereocenters. The zero-order chi connectivity index (χ0) is 25.0. The molecule has 37 heavy (non-hydrogen) atoms. The van der Waals surface area contributed by atoms with Gasteiger partial charge >= 0.3 is 0 Å². The van der Waals surface area contributed by atoms with Crippen molar-refractivity contribution in [3.05, 3.63) is 60.2 Å². The lowest BCUT2D eigenvalue weighted by Crippen LogP contribution is -2.53. The van der Waals surface area contributed by atoms with Crippen molar-refractivity contribution in [3.8, 4) is 22.8 Å². The van der Waals surface area contributed by atoms with Crippen LogP contribution in [-0.2, 0) is 5.41 Å². The van der Waals surface area contributed by atoms with Gasteiger partial charge in [-0.05, 0) is 104 Å². The van der Waals surface area contributed by atoms with Crippen LogP contribution in [0.25, 0.3) is 11.3 Å². The second kappa shape index (κ2) is 8.91. The molecular formula is C30H35N5O2. The molecule has 2 saturated carbocycles. The van der Waals surface area contributed by atoms with E-state index in [0.717, 1.165) is 50.5 Å². The van der Waals surface area contributed by atoms with E-state index in [0.29, 0.717) is 40.9 Å². The molecule has 4 fully saturated rings. The van der Waals surface area contributed by atoms with Crippen molar-refractivity contribution in [3.63, 3.8) is 0 Å². The Hall–Kier alpha value is -3.32. The van der Waals surface area contributed by atoms with E-state index in [9.17, 15) is 5.11 Å². The smallest absolute Gasteiger partial charge is 0.169 e. The zero-order valence-corrected chi connectivity index (χ0v) is 21.1. The van der Waals surface area contributed by atoms with E-state index in [2.05, 4.69) is 44.7 Å². The summed E-state index contributed by atoms with van der Waals surface area (Å²) < 4.78 is 6.41. The molecule has 2 saturated heterocycles. The maximum Gasteiger partial charge on any atom is 0.169 e. The van der Waals surface area contributed by atoms with Crippen LogP contribution in [0.1, 0.15) is 37.7 Å². The molecule has 1 aromatic heterocycles. The number of para-hydroxylation sites is 1. The Balaban J connectivity index is 1.11. The van der Waals surface area contributed by atoms with E-state index in [1.165, 1.54) is 24.8 Å². The van der Waals surface area contributed by atoms with Gasteiger partial charge in [-0.15, -0.1) is 10.2 Å². The van der Waals surface area contributed by atoms with Crippen molar-refractivity contribution in [2.24, 2.45) is 17.8 Å². The number of benzene rings is 2. The van der Waals surface area contributed by atoms with Gasteiger partial charge in [-0.1, -0.05) is 24.3 Å². The molecule has 3 heterocycles. The van der Waals surface area contributed by atoms with Gasteiger partial charge in [-0.2, -0.15) is 0 Å². The Labute approximate surface area is 218 Å². The van der Waals surface area contributed by atoms with E-state index in [-0.39, 0.29) is 11.2 Å². The molecule has 2 unspecified atom stereocenters. The minimum atomic E-state index is 0.206. The standard InChI is InChI=1S/C30H35N5O2/c31-29-27(14-26(33-34-29)24-6-1-2-7-28(24)36)35-17-19-12-25-20(18-35)16-30(25,15-19)21-4-3-5-23(13-21)37-22-8-10-32-11-9-22/h1-7,13-14,19-20,22,25,32,36H,8-12,15-18H2,(H2,31,34)/t19-,20+,25?,30?/m1/s1. The molecule has 2 aromatic carbocycles. The summed E-state index contributed by atoms with van der Waals surface area (Å²) in [4.78, 5) is 2.43. The lowest BCUT2D eigenvalue weighted by molar-refractivity contribution is 0.0632. The minimum absolute atomic E-state index is 0.206. The van der Waals surface area contributed by atoms with Crippen LogP contribution in [-0.4, -0.2) is 47.6 Å². The first-order valence-electron chi connectivity index (χ1n) is 13.7. The van der Waals surface area contributed by atoms with Crippen LogP contribution in [0.4, 0.5) is 11.5 Å². The van der Waals surface area contributed by atoms with Crippen LogP contribution in [0.15, 0.2) is 54.6 Å². The number of rotatable bonds is 5. The topological polar surface area (TPSA) is 96.5 Å². The van der Waals surface area contributed by atoms with Gasteiger partial charge in [0.25, 0.3) is 0 Å². The SMILES string of the molecule is Nc1nnc(-c2ccccc2O)cc1N1C[C@@H]2CC3[C@H](C1)CC3(c1cccc(OC3CCNCC3)c1)C2. The number of phenolic OH excluding ortho intramolecular Hbond substituents is 1. The minimum Gasteiger partial charge on any atom is -0.507 e. The highest BCUT2D eigenvalue weighted by Gasteiger charge is 2.61. The molecule has 3 aromatic rings. The number of phenols is 1. The maximum absolute atomic E-state index is 10.3. The number of hydrogen-bond acceptors (Lipinski definition) is 7. The van der Waals surface area contributed by atoms with Crippen molar-refractivity contribution < 1.29 is 9.84 Å². The van der Waals surface area contributed by atoms with Crippen molar-refractivity contribution in [2.75, 3.05) is 36.8 Å². The number of nitrogens with two attached hydrogens (primary N) is 1. The number of ether oxygens (including phenoxy) is 1. The molecule has 7 rings (SSSR count). The molecule has 2 aliphatic heterocycles. The van der Waals surface area contributed by atoms with Gasteiger partial charge in [0.05, 0.1) is 11.4 Å². The van der Waals surface area contributed by atoms with Crippen LogP contribution in [0.5, 0.6) is 11.5 Å². The molecule has 192 valence electrons. The fraction of sp³-hybridized carbons (Fsp3) is 0.467. The van der Waals surface area contributed by atoms with Crippen LogP contribution in [0, 0.1) is 17.8 Å².